The molecule has 156 valence electrons. The maximum atomic E-state index is 13.0. The second-order valence-corrected chi connectivity index (χ2v) is 9.38. The van der Waals surface area contributed by atoms with Gasteiger partial charge in [0, 0.05) is 54.0 Å². The van der Waals surface area contributed by atoms with Crippen LogP contribution in [0.15, 0.2) is 30.5 Å². The van der Waals surface area contributed by atoms with E-state index in [0.717, 1.165) is 44.5 Å². The molecule has 1 aliphatic heterocycles. The molecule has 3 atom stereocenters. The number of rotatable bonds is 4. The van der Waals surface area contributed by atoms with Gasteiger partial charge in [0.1, 0.15) is 0 Å². The molecule has 0 spiro atoms. The molecule has 0 radical (unpaired) electrons. The standard InChI is InChI=1S/C24H29N5O/c30-24(23-19-5-1-2-6-21(19)27-28-23)26-22-16-8-9-17(22)14-29(13-16)12-15-4-3-7-20-18(15)10-11-25-20/h3-4,7,10-11,16-17,22,25H,1-2,5-6,8-9,12-14H2,(H,26,30)(H,27,28)/t16-,17+,22?. The van der Waals surface area contributed by atoms with Crippen LogP contribution in [0.2, 0.25) is 0 Å². The number of amides is 1. The zero-order chi connectivity index (χ0) is 20.1. The molecule has 6 rings (SSSR count). The van der Waals surface area contributed by atoms with Crippen molar-refractivity contribution in [1.29, 1.82) is 0 Å². The van der Waals surface area contributed by atoms with Gasteiger partial charge in [-0.3, -0.25) is 14.8 Å². The average Bonchev–Trinajstić information content (AvgIpc) is 3.45. The third kappa shape index (κ3) is 3.05. The molecule has 6 nitrogen and oxygen atoms in total. The molecule has 3 aromatic rings. The normalized spacial score (nSPS) is 26.1. The van der Waals surface area contributed by atoms with Crippen LogP contribution >= 0.6 is 0 Å². The van der Waals surface area contributed by atoms with Gasteiger partial charge in [-0.05, 0) is 68.1 Å². The largest absolute Gasteiger partial charge is 0.361 e. The number of fused-ring (bicyclic) bond motifs is 4. The molecule has 3 N–H and O–H groups in total. The van der Waals surface area contributed by atoms with Gasteiger partial charge in [-0.25, -0.2) is 0 Å². The summed E-state index contributed by atoms with van der Waals surface area (Å²) in [6.07, 6.45) is 8.78. The molecule has 2 fully saturated rings. The molecule has 1 saturated heterocycles. The van der Waals surface area contributed by atoms with E-state index in [4.69, 9.17) is 0 Å². The van der Waals surface area contributed by atoms with Crippen LogP contribution in [-0.4, -0.2) is 45.1 Å². The Balaban J connectivity index is 1.15. The summed E-state index contributed by atoms with van der Waals surface area (Å²) in [5.74, 6) is 1.10. The Kier molecular flexibility index (Phi) is 4.41. The van der Waals surface area contributed by atoms with E-state index < -0.39 is 0 Å². The maximum Gasteiger partial charge on any atom is 0.272 e. The van der Waals surface area contributed by atoms with Crippen molar-refractivity contribution in [1.82, 2.24) is 25.4 Å². The first kappa shape index (κ1) is 18.2. The summed E-state index contributed by atoms with van der Waals surface area (Å²) in [7, 11) is 0. The van der Waals surface area contributed by atoms with Crippen molar-refractivity contribution >= 4 is 16.8 Å². The van der Waals surface area contributed by atoms with Crippen molar-refractivity contribution in [3.05, 3.63) is 53.0 Å². The van der Waals surface area contributed by atoms with E-state index in [1.165, 1.54) is 41.4 Å². The number of aryl methyl sites for hydroxylation is 1. The van der Waals surface area contributed by atoms with Gasteiger partial charge in [0.15, 0.2) is 5.69 Å². The molecule has 3 aliphatic rings. The van der Waals surface area contributed by atoms with Gasteiger partial charge >= 0.3 is 0 Å². The minimum Gasteiger partial charge on any atom is -0.361 e. The maximum absolute atomic E-state index is 13.0. The highest BCUT2D eigenvalue weighted by Gasteiger charge is 2.43. The quantitative estimate of drug-likeness (QED) is 0.625. The molecule has 2 aliphatic carbocycles. The number of carbonyl (C=O) groups excluding carboxylic acids is 1. The van der Waals surface area contributed by atoms with Crippen molar-refractivity contribution in [2.45, 2.75) is 51.1 Å². The number of carbonyl (C=O) groups is 1. The van der Waals surface area contributed by atoms with E-state index in [1.807, 2.05) is 6.20 Å². The van der Waals surface area contributed by atoms with Crippen molar-refractivity contribution in [3.63, 3.8) is 0 Å². The topological polar surface area (TPSA) is 76.8 Å². The molecule has 1 unspecified atom stereocenters. The molecular weight excluding hydrogens is 374 g/mol. The monoisotopic (exact) mass is 403 g/mol. The minimum atomic E-state index is 0.0295. The van der Waals surface area contributed by atoms with Crippen LogP contribution in [0.25, 0.3) is 10.9 Å². The molecule has 2 aromatic heterocycles. The predicted molar refractivity (Wildman–Crippen MR) is 116 cm³/mol. The number of nitrogens with zero attached hydrogens (tertiary/aromatic N) is 2. The predicted octanol–water partition coefficient (Wildman–Crippen LogP) is 3.41. The fraction of sp³-hybridized carbons (Fsp3) is 0.500. The molecular formula is C24H29N5O. The van der Waals surface area contributed by atoms with Crippen molar-refractivity contribution in [3.8, 4) is 0 Å². The highest BCUT2D eigenvalue weighted by Crippen LogP contribution is 2.38. The van der Waals surface area contributed by atoms with Crippen molar-refractivity contribution < 1.29 is 4.79 Å². The van der Waals surface area contributed by atoms with Gasteiger partial charge in [-0.2, -0.15) is 5.10 Å². The molecule has 3 heterocycles. The molecule has 6 heteroatoms. The zero-order valence-corrected chi connectivity index (χ0v) is 17.3. The van der Waals surface area contributed by atoms with Gasteiger partial charge in [0.25, 0.3) is 5.91 Å². The number of benzene rings is 1. The summed E-state index contributed by atoms with van der Waals surface area (Å²) in [6, 6.07) is 8.98. The van der Waals surface area contributed by atoms with E-state index in [1.54, 1.807) is 0 Å². The second kappa shape index (κ2) is 7.27. The Bertz CT molecular complexity index is 1070. The van der Waals surface area contributed by atoms with Gasteiger partial charge in [-0.1, -0.05) is 12.1 Å². The Morgan fingerprint density at radius 2 is 1.97 bits per heavy atom. The lowest BCUT2D eigenvalue weighted by molar-refractivity contribution is 0.0820. The van der Waals surface area contributed by atoms with E-state index in [0.29, 0.717) is 17.5 Å². The lowest BCUT2D eigenvalue weighted by Gasteiger charge is -2.38. The minimum absolute atomic E-state index is 0.0295. The summed E-state index contributed by atoms with van der Waals surface area (Å²) in [5.41, 5.74) is 5.57. The van der Waals surface area contributed by atoms with Crippen LogP contribution in [0, 0.1) is 11.8 Å². The van der Waals surface area contributed by atoms with Gasteiger partial charge in [0.05, 0.1) is 0 Å². The third-order valence-corrected chi connectivity index (χ3v) is 7.56. The second-order valence-electron chi connectivity index (χ2n) is 9.38. The molecule has 30 heavy (non-hydrogen) atoms. The number of likely N-dealkylation sites (tertiary alicyclic amines) is 1. The van der Waals surface area contributed by atoms with E-state index >= 15 is 0 Å². The number of aromatic amines is 2. The first-order valence-corrected chi connectivity index (χ1v) is 11.4. The van der Waals surface area contributed by atoms with Crippen LogP contribution in [0.1, 0.15) is 53.0 Å². The number of aromatic nitrogens is 3. The lowest BCUT2D eigenvalue weighted by atomic mass is 9.91. The van der Waals surface area contributed by atoms with Crippen molar-refractivity contribution in [2.75, 3.05) is 13.1 Å². The summed E-state index contributed by atoms with van der Waals surface area (Å²) in [4.78, 5) is 18.9. The summed E-state index contributed by atoms with van der Waals surface area (Å²) in [5, 5.41) is 12.2. The summed E-state index contributed by atoms with van der Waals surface area (Å²) < 4.78 is 0. The number of hydrogen-bond acceptors (Lipinski definition) is 3. The number of hydrogen-bond donors (Lipinski definition) is 3. The molecule has 1 amide bonds. The first-order chi connectivity index (χ1) is 14.8. The molecule has 2 bridgehead atoms. The SMILES string of the molecule is O=C(NC1[C@@H]2CC[C@H]1CN(Cc1cccc3[nH]ccc13)C2)c1n[nH]c2c1CCCC2. The van der Waals surface area contributed by atoms with Crippen LogP contribution in [0.4, 0.5) is 0 Å². The third-order valence-electron chi connectivity index (χ3n) is 7.56. The average molecular weight is 404 g/mol. The van der Waals surface area contributed by atoms with Gasteiger partial charge in [0.2, 0.25) is 0 Å². The Hall–Kier alpha value is -2.60. The van der Waals surface area contributed by atoms with E-state index in [-0.39, 0.29) is 11.9 Å². The number of nitrogens with one attached hydrogen (secondary N) is 3. The lowest BCUT2D eigenvalue weighted by Crippen LogP contribution is -2.52. The highest BCUT2D eigenvalue weighted by molar-refractivity contribution is 5.94. The van der Waals surface area contributed by atoms with Gasteiger partial charge in [-0.15, -0.1) is 0 Å². The summed E-state index contributed by atoms with van der Waals surface area (Å²) in [6.45, 7) is 3.09. The van der Waals surface area contributed by atoms with Gasteiger partial charge < -0.3 is 10.3 Å². The van der Waals surface area contributed by atoms with Crippen LogP contribution < -0.4 is 5.32 Å². The van der Waals surface area contributed by atoms with E-state index in [9.17, 15) is 4.79 Å². The van der Waals surface area contributed by atoms with E-state index in [2.05, 4.69) is 49.7 Å². The van der Waals surface area contributed by atoms with Crippen LogP contribution in [0.5, 0.6) is 0 Å². The fourth-order valence-electron chi connectivity index (χ4n) is 6.10. The fourth-order valence-corrected chi connectivity index (χ4v) is 6.10. The van der Waals surface area contributed by atoms with Crippen LogP contribution in [0.3, 0.4) is 0 Å². The Labute approximate surface area is 176 Å². The number of piperidine rings is 1. The van der Waals surface area contributed by atoms with Crippen LogP contribution in [-0.2, 0) is 19.4 Å². The number of H-pyrrole nitrogens is 2. The smallest absolute Gasteiger partial charge is 0.272 e. The Morgan fingerprint density at radius 3 is 2.83 bits per heavy atom. The Morgan fingerprint density at radius 1 is 1.13 bits per heavy atom. The molecule has 1 aromatic carbocycles. The first-order valence-electron chi connectivity index (χ1n) is 11.4. The summed E-state index contributed by atoms with van der Waals surface area (Å²) >= 11 is 0. The highest BCUT2D eigenvalue weighted by atomic mass is 16.2. The van der Waals surface area contributed by atoms with Crippen molar-refractivity contribution in [2.24, 2.45) is 11.8 Å². The zero-order valence-electron chi connectivity index (χ0n) is 17.3. The molecule has 1 saturated carbocycles.